The van der Waals surface area contributed by atoms with Crippen molar-refractivity contribution in [2.75, 3.05) is 13.1 Å². The van der Waals surface area contributed by atoms with Crippen molar-refractivity contribution >= 4 is 26.8 Å². The van der Waals surface area contributed by atoms with E-state index in [4.69, 9.17) is 0 Å². The molecule has 0 spiro atoms. The van der Waals surface area contributed by atoms with E-state index in [9.17, 15) is 8.42 Å². The standard InChI is InChI=1S/C14H11N5O2S.C4H9N.C2H6/c1-10-2-4-11(5-3-10)22(20,21)19-7-6-12-14(19)15-8-13-17-16-9-18(12)13;1-2-4-5-3-1;1-2/h2-9H,1H3;5H,1-4H2;1-2H3. The van der Waals surface area contributed by atoms with Gasteiger partial charge in [-0.2, -0.15) is 0 Å². The Kier molecular flexibility index (Phi) is 6.60. The zero-order valence-electron chi connectivity index (χ0n) is 16.9. The molecule has 5 rings (SSSR count). The van der Waals surface area contributed by atoms with Gasteiger partial charge in [-0.15, -0.1) is 10.2 Å². The Balaban J connectivity index is 0.000000296. The van der Waals surface area contributed by atoms with Crippen molar-refractivity contribution in [1.29, 1.82) is 0 Å². The van der Waals surface area contributed by atoms with E-state index in [1.165, 1.54) is 48.6 Å². The first kappa shape index (κ1) is 20.9. The highest BCUT2D eigenvalue weighted by Gasteiger charge is 2.20. The van der Waals surface area contributed by atoms with E-state index < -0.39 is 10.0 Å². The summed E-state index contributed by atoms with van der Waals surface area (Å²) in [6.45, 7) is 8.41. The highest BCUT2D eigenvalue weighted by atomic mass is 32.2. The van der Waals surface area contributed by atoms with Gasteiger partial charge in [0.1, 0.15) is 6.33 Å². The number of aromatic nitrogens is 5. The Morgan fingerprint density at radius 1 is 1.03 bits per heavy atom. The van der Waals surface area contributed by atoms with Crippen LogP contribution in [0.1, 0.15) is 32.3 Å². The van der Waals surface area contributed by atoms with Crippen molar-refractivity contribution in [2.24, 2.45) is 0 Å². The van der Waals surface area contributed by atoms with E-state index in [0.717, 1.165) is 5.56 Å². The summed E-state index contributed by atoms with van der Waals surface area (Å²) in [5, 5.41) is 10.9. The molecule has 1 aromatic carbocycles. The molecule has 0 aliphatic carbocycles. The van der Waals surface area contributed by atoms with Gasteiger partial charge in [-0.1, -0.05) is 31.5 Å². The molecule has 0 radical (unpaired) electrons. The molecule has 9 heteroatoms. The van der Waals surface area contributed by atoms with Gasteiger partial charge in [-0.25, -0.2) is 17.4 Å². The Hall–Kier alpha value is -2.78. The summed E-state index contributed by atoms with van der Waals surface area (Å²) in [7, 11) is -3.69. The van der Waals surface area contributed by atoms with E-state index in [2.05, 4.69) is 20.5 Å². The summed E-state index contributed by atoms with van der Waals surface area (Å²) in [5.74, 6) is 0. The lowest BCUT2D eigenvalue weighted by Crippen LogP contribution is -2.12. The van der Waals surface area contributed by atoms with Crippen LogP contribution in [0.15, 0.2) is 53.9 Å². The van der Waals surface area contributed by atoms with Crippen LogP contribution < -0.4 is 5.32 Å². The molecule has 1 aliphatic rings. The molecule has 1 aliphatic heterocycles. The van der Waals surface area contributed by atoms with Gasteiger partial charge < -0.3 is 5.32 Å². The highest BCUT2D eigenvalue weighted by molar-refractivity contribution is 7.90. The lowest BCUT2D eigenvalue weighted by Gasteiger charge is -2.07. The van der Waals surface area contributed by atoms with Gasteiger partial charge >= 0.3 is 0 Å². The molecule has 8 nitrogen and oxygen atoms in total. The number of aryl methyl sites for hydroxylation is 1. The van der Waals surface area contributed by atoms with Crippen molar-refractivity contribution < 1.29 is 8.42 Å². The SMILES string of the molecule is C1CCNC1.CC.Cc1ccc(S(=O)(=O)n2ccc3c2ncc2nncn23)cc1. The van der Waals surface area contributed by atoms with Gasteiger partial charge in [0.05, 0.1) is 16.6 Å². The van der Waals surface area contributed by atoms with Crippen LogP contribution in [0, 0.1) is 6.92 Å². The molecule has 0 amide bonds. The molecule has 1 saturated heterocycles. The molecule has 0 saturated carbocycles. The van der Waals surface area contributed by atoms with Crippen LogP contribution in [-0.4, -0.2) is 45.1 Å². The molecule has 4 aromatic rings. The third-order valence-electron chi connectivity index (χ3n) is 4.48. The zero-order valence-corrected chi connectivity index (χ0v) is 17.7. The topological polar surface area (TPSA) is 94.2 Å². The second-order valence-electron chi connectivity index (χ2n) is 6.41. The van der Waals surface area contributed by atoms with Crippen LogP contribution in [-0.2, 0) is 10.0 Å². The maximum atomic E-state index is 12.8. The summed E-state index contributed by atoms with van der Waals surface area (Å²) >= 11 is 0. The number of hydrogen-bond acceptors (Lipinski definition) is 6. The zero-order chi connectivity index (χ0) is 20.9. The maximum absolute atomic E-state index is 12.8. The molecule has 29 heavy (non-hydrogen) atoms. The fraction of sp³-hybridized carbons (Fsp3) is 0.350. The van der Waals surface area contributed by atoms with E-state index in [-0.39, 0.29) is 4.90 Å². The Morgan fingerprint density at radius 3 is 2.34 bits per heavy atom. The van der Waals surface area contributed by atoms with Crippen LogP contribution in [0.5, 0.6) is 0 Å². The average molecular weight is 415 g/mol. The first-order valence-corrected chi connectivity index (χ1v) is 11.2. The predicted molar refractivity (Wildman–Crippen MR) is 113 cm³/mol. The molecule has 3 aromatic heterocycles. The van der Waals surface area contributed by atoms with Gasteiger partial charge in [-0.3, -0.25) is 4.40 Å². The molecule has 154 valence electrons. The summed E-state index contributed by atoms with van der Waals surface area (Å²) in [4.78, 5) is 4.43. The van der Waals surface area contributed by atoms with Crippen LogP contribution in [0.2, 0.25) is 0 Å². The fourth-order valence-corrected chi connectivity index (χ4v) is 4.28. The highest BCUT2D eigenvalue weighted by Crippen LogP contribution is 2.21. The second-order valence-corrected chi connectivity index (χ2v) is 8.23. The van der Waals surface area contributed by atoms with Crippen LogP contribution >= 0.6 is 0 Å². The first-order chi connectivity index (χ1) is 14.1. The Morgan fingerprint density at radius 2 is 1.72 bits per heavy atom. The Labute approximate surface area is 170 Å². The van der Waals surface area contributed by atoms with Crippen LogP contribution in [0.3, 0.4) is 0 Å². The molecule has 0 atom stereocenters. The normalized spacial score (nSPS) is 13.6. The minimum atomic E-state index is -3.69. The largest absolute Gasteiger partial charge is 0.317 e. The first-order valence-electron chi connectivity index (χ1n) is 9.76. The molecular formula is C20H26N6O2S. The summed E-state index contributed by atoms with van der Waals surface area (Å²) in [6, 6.07) is 8.40. The quantitative estimate of drug-likeness (QED) is 0.542. The third-order valence-corrected chi connectivity index (χ3v) is 6.16. The fourth-order valence-electron chi connectivity index (χ4n) is 2.99. The van der Waals surface area contributed by atoms with Gasteiger partial charge in [-0.05, 0) is 51.1 Å². The number of benzene rings is 1. The maximum Gasteiger partial charge on any atom is 0.269 e. The molecule has 0 bridgehead atoms. The Bertz CT molecular complexity index is 1170. The second kappa shape index (κ2) is 9.15. The monoisotopic (exact) mass is 414 g/mol. The van der Waals surface area contributed by atoms with Crippen molar-refractivity contribution in [3.63, 3.8) is 0 Å². The van der Waals surface area contributed by atoms with Crippen LogP contribution in [0.4, 0.5) is 0 Å². The number of nitrogens with zero attached hydrogens (tertiary/aromatic N) is 5. The predicted octanol–water partition coefficient (Wildman–Crippen LogP) is 3.02. The average Bonchev–Trinajstić information content (AvgIpc) is 3.51. The lowest BCUT2D eigenvalue weighted by molar-refractivity contribution is 0.588. The smallest absolute Gasteiger partial charge is 0.269 e. The van der Waals surface area contributed by atoms with Crippen molar-refractivity contribution in [1.82, 2.24) is 28.9 Å². The van der Waals surface area contributed by atoms with Gasteiger partial charge in [0.2, 0.25) is 0 Å². The van der Waals surface area contributed by atoms with Crippen LogP contribution in [0.25, 0.3) is 16.8 Å². The summed E-state index contributed by atoms with van der Waals surface area (Å²) < 4.78 is 28.4. The minimum absolute atomic E-state index is 0.223. The minimum Gasteiger partial charge on any atom is -0.317 e. The molecule has 1 N–H and O–H groups in total. The number of nitrogens with one attached hydrogen (secondary N) is 1. The molecule has 4 heterocycles. The summed E-state index contributed by atoms with van der Waals surface area (Å²) in [6.07, 6.45) is 7.30. The van der Waals surface area contributed by atoms with Crippen molar-refractivity contribution in [3.8, 4) is 0 Å². The number of rotatable bonds is 2. The number of fused-ring (bicyclic) bond motifs is 3. The van der Waals surface area contributed by atoms with E-state index in [0.29, 0.717) is 16.8 Å². The molecular weight excluding hydrogens is 388 g/mol. The van der Waals surface area contributed by atoms with E-state index in [1.54, 1.807) is 34.7 Å². The van der Waals surface area contributed by atoms with E-state index >= 15 is 0 Å². The van der Waals surface area contributed by atoms with Crippen molar-refractivity contribution in [3.05, 3.63) is 54.6 Å². The lowest BCUT2D eigenvalue weighted by atomic mass is 10.2. The third kappa shape index (κ3) is 4.30. The molecule has 1 fully saturated rings. The van der Waals surface area contributed by atoms with Gasteiger partial charge in [0.25, 0.3) is 10.0 Å². The molecule has 0 unspecified atom stereocenters. The summed E-state index contributed by atoms with van der Waals surface area (Å²) in [5.41, 5.74) is 2.55. The number of hydrogen-bond donors (Lipinski definition) is 1. The van der Waals surface area contributed by atoms with Gasteiger partial charge in [0.15, 0.2) is 11.3 Å². The van der Waals surface area contributed by atoms with Crippen molar-refractivity contribution in [2.45, 2.75) is 38.5 Å². The van der Waals surface area contributed by atoms with E-state index in [1.807, 2.05) is 20.8 Å². The van der Waals surface area contributed by atoms with Gasteiger partial charge in [0, 0.05) is 6.20 Å².